The van der Waals surface area contributed by atoms with Crippen LogP contribution in [-0.4, -0.2) is 13.4 Å². The maximum Gasteiger partial charge on any atom is 0.252 e. The summed E-state index contributed by atoms with van der Waals surface area (Å²) in [6.45, 7) is -0.132. The number of rotatable bonds is 6. The monoisotopic (exact) mass is 960 g/mol. The molecule has 0 saturated carbocycles. The Hall–Kier alpha value is -9.10. The molecule has 0 aliphatic carbocycles. The van der Waals surface area contributed by atoms with E-state index in [9.17, 15) is 0 Å². The first kappa shape index (κ1) is 41.5. The highest BCUT2D eigenvalue weighted by Crippen LogP contribution is 2.51. The van der Waals surface area contributed by atoms with Crippen LogP contribution in [0.15, 0.2) is 269 Å². The van der Waals surface area contributed by atoms with Gasteiger partial charge in [-0.25, -0.2) is 0 Å². The normalized spacial score (nSPS) is 13.5. The average Bonchev–Trinajstić information content (AvgIpc) is 3.92. The zero-order valence-corrected chi connectivity index (χ0v) is 40.8. The first-order valence-corrected chi connectivity index (χ1v) is 26.2. The molecule has 1 aromatic heterocycles. The molecular weight excluding hydrogens is 918 g/mol. The van der Waals surface area contributed by atoms with Crippen LogP contribution in [0.2, 0.25) is 0 Å². The summed E-state index contributed by atoms with van der Waals surface area (Å²) < 4.78 is 6.84. The Morgan fingerprint density at radius 3 is 1.43 bits per heavy atom. The largest absolute Gasteiger partial charge is 0.456 e. The molecular formula is C66H42B2N4OS. The first-order chi connectivity index (χ1) is 36.7. The smallest absolute Gasteiger partial charge is 0.252 e. The van der Waals surface area contributed by atoms with Gasteiger partial charge in [0, 0.05) is 72.1 Å². The molecule has 12 aromatic rings. The van der Waals surface area contributed by atoms with E-state index >= 15 is 0 Å². The van der Waals surface area contributed by atoms with E-state index in [-0.39, 0.29) is 13.4 Å². The fourth-order valence-electron chi connectivity index (χ4n) is 12.7. The Kier molecular flexibility index (Phi) is 9.09. The van der Waals surface area contributed by atoms with Gasteiger partial charge in [-0.2, -0.15) is 0 Å². The predicted molar refractivity (Wildman–Crippen MR) is 312 cm³/mol. The van der Waals surface area contributed by atoms with Crippen molar-refractivity contribution in [2.45, 2.75) is 9.79 Å². The molecule has 4 aliphatic heterocycles. The van der Waals surface area contributed by atoms with E-state index in [0.29, 0.717) is 0 Å². The zero-order chi connectivity index (χ0) is 48.4. The van der Waals surface area contributed by atoms with E-state index in [0.717, 1.165) is 67.4 Å². The minimum Gasteiger partial charge on any atom is -0.456 e. The molecule has 0 radical (unpaired) electrons. The number of anilines is 12. The molecule has 0 N–H and O–H groups in total. The second kappa shape index (κ2) is 16.2. The van der Waals surface area contributed by atoms with Crippen LogP contribution in [0.4, 0.5) is 68.2 Å². The van der Waals surface area contributed by atoms with Gasteiger partial charge in [0.05, 0.1) is 16.8 Å². The van der Waals surface area contributed by atoms with E-state index in [1.54, 1.807) is 0 Å². The van der Waals surface area contributed by atoms with Gasteiger partial charge in [-0.15, -0.1) is 0 Å². The molecule has 74 heavy (non-hydrogen) atoms. The molecule has 8 heteroatoms. The molecule has 0 amide bonds. The van der Waals surface area contributed by atoms with Crippen molar-refractivity contribution >= 4 is 148 Å². The number of para-hydroxylation sites is 8. The number of furan rings is 1. The van der Waals surface area contributed by atoms with Crippen LogP contribution in [-0.2, 0) is 0 Å². The van der Waals surface area contributed by atoms with Gasteiger partial charge >= 0.3 is 0 Å². The highest BCUT2D eigenvalue weighted by molar-refractivity contribution is 8.00. The maximum absolute atomic E-state index is 6.84. The molecule has 0 spiro atoms. The fraction of sp³-hybridized carbons (Fsp3) is 0. The molecule has 5 nitrogen and oxygen atoms in total. The summed E-state index contributed by atoms with van der Waals surface area (Å²) in [5, 5.41) is 2.28. The molecule has 4 aliphatic rings. The number of benzene rings is 11. The van der Waals surface area contributed by atoms with Crippen LogP contribution in [0.5, 0.6) is 0 Å². The van der Waals surface area contributed by atoms with Gasteiger partial charge in [-0.3, -0.25) is 0 Å². The van der Waals surface area contributed by atoms with Crippen LogP contribution < -0.4 is 52.4 Å². The highest BCUT2D eigenvalue weighted by Gasteiger charge is 2.48. The average molecular weight is 961 g/mol. The second-order valence-electron chi connectivity index (χ2n) is 19.6. The summed E-state index contributed by atoms with van der Waals surface area (Å²) >= 11 is 1.88. The van der Waals surface area contributed by atoms with Gasteiger partial charge in [0.25, 0.3) is 6.71 Å². The Labute approximate surface area is 434 Å². The van der Waals surface area contributed by atoms with Gasteiger partial charge in [0.2, 0.25) is 6.71 Å². The van der Waals surface area contributed by atoms with Crippen LogP contribution in [0.3, 0.4) is 0 Å². The summed E-state index contributed by atoms with van der Waals surface area (Å²) in [5.74, 6) is 0. The third kappa shape index (κ3) is 6.03. The van der Waals surface area contributed by atoms with Crippen molar-refractivity contribution in [1.82, 2.24) is 0 Å². The standard InChI is InChI=1S/C66H42B2N4OS/c1-6-22-43(23-7-1)69(44-24-8-2-9-25-44)48-38-57-64-58(39-48)71(46-28-12-4-13-29-46)56-41-61-53(40-52(56)67(64)50-33-17-19-35-54(50)70(57)45-26-10-3-11-27-45)68-51-34-18-20-36-55(51)72(47-30-14-5-15-31-47)66-63-49-32-16-21-37-59(49)73-60(63)42-62(74-61)65(66)68/h1-42H. The summed E-state index contributed by atoms with van der Waals surface area (Å²) in [7, 11) is 0. The lowest BCUT2D eigenvalue weighted by Gasteiger charge is -2.46. The first-order valence-electron chi connectivity index (χ1n) is 25.4. The Morgan fingerprint density at radius 1 is 0.338 bits per heavy atom. The Balaban J connectivity index is 1.01. The van der Waals surface area contributed by atoms with E-state index in [1.165, 1.54) is 65.3 Å². The van der Waals surface area contributed by atoms with Crippen molar-refractivity contribution in [3.63, 3.8) is 0 Å². The minimum atomic E-state index is -0.0850. The lowest BCUT2D eigenvalue weighted by Crippen LogP contribution is -2.64. The van der Waals surface area contributed by atoms with Gasteiger partial charge in [-0.1, -0.05) is 169 Å². The van der Waals surface area contributed by atoms with Crippen molar-refractivity contribution in [2.24, 2.45) is 0 Å². The summed E-state index contributed by atoms with van der Waals surface area (Å²) in [5.41, 5.74) is 23.3. The number of fused-ring (bicyclic) bond motifs is 12. The van der Waals surface area contributed by atoms with Gasteiger partial charge in [0.15, 0.2) is 0 Å². The Bertz CT molecular complexity index is 4170. The van der Waals surface area contributed by atoms with E-state index < -0.39 is 0 Å². The molecule has 11 aromatic carbocycles. The van der Waals surface area contributed by atoms with Gasteiger partial charge in [0.1, 0.15) is 11.2 Å². The molecule has 5 heterocycles. The number of hydrogen-bond acceptors (Lipinski definition) is 6. The van der Waals surface area contributed by atoms with Crippen LogP contribution in [0, 0.1) is 0 Å². The highest BCUT2D eigenvalue weighted by atomic mass is 32.2. The van der Waals surface area contributed by atoms with E-state index in [2.05, 4.69) is 274 Å². The van der Waals surface area contributed by atoms with Gasteiger partial charge < -0.3 is 24.0 Å². The quantitative estimate of drug-likeness (QED) is 0.154. The molecule has 0 unspecified atom stereocenters. The van der Waals surface area contributed by atoms with Crippen LogP contribution in [0.25, 0.3) is 21.9 Å². The number of hydrogen-bond donors (Lipinski definition) is 0. The van der Waals surface area contributed by atoms with Crippen molar-refractivity contribution < 1.29 is 4.42 Å². The Morgan fingerprint density at radius 2 is 0.824 bits per heavy atom. The van der Waals surface area contributed by atoms with Crippen molar-refractivity contribution in [2.75, 3.05) is 19.6 Å². The van der Waals surface area contributed by atoms with Crippen molar-refractivity contribution in [3.05, 3.63) is 255 Å². The van der Waals surface area contributed by atoms with Crippen LogP contribution >= 0.6 is 11.8 Å². The molecule has 0 saturated heterocycles. The number of nitrogens with zero attached hydrogens (tertiary/aromatic N) is 4. The lowest BCUT2D eigenvalue weighted by molar-refractivity contribution is 0.668. The van der Waals surface area contributed by atoms with Crippen LogP contribution in [0.1, 0.15) is 0 Å². The second-order valence-corrected chi connectivity index (χ2v) is 20.6. The van der Waals surface area contributed by atoms with Crippen molar-refractivity contribution in [3.8, 4) is 0 Å². The minimum absolute atomic E-state index is 0.0471. The summed E-state index contributed by atoms with van der Waals surface area (Å²) in [4.78, 5) is 12.4. The third-order valence-corrected chi connectivity index (χ3v) is 16.7. The predicted octanol–water partition coefficient (Wildman–Crippen LogP) is 13.9. The van der Waals surface area contributed by atoms with E-state index in [1.807, 2.05) is 11.8 Å². The maximum atomic E-state index is 6.84. The van der Waals surface area contributed by atoms with Gasteiger partial charge in [-0.05, 0) is 130 Å². The molecule has 0 fully saturated rings. The SMILES string of the molecule is c1ccc(N(c2ccccc2)c2cc3c4c(c2)N(c2ccccc2)c2cc5c(cc2B4c2ccccc2N3c2ccccc2)B2c3ccccc3N(c3ccccc3)c3c2c(cc2oc4ccccc4c32)S5)cc1. The van der Waals surface area contributed by atoms with E-state index in [4.69, 9.17) is 4.42 Å². The topological polar surface area (TPSA) is 26.1 Å². The third-order valence-electron chi connectivity index (χ3n) is 15.6. The summed E-state index contributed by atoms with van der Waals surface area (Å²) in [6, 6.07) is 93.4. The molecule has 16 rings (SSSR count). The fourth-order valence-corrected chi connectivity index (χ4v) is 13.9. The lowest BCUT2D eigenvalue weighted by atomic mass is 9.31. The zero-order valence-electron chi connectivity index (χ0n) is 40.0. The summed E-state index contributed by atoms with van der Waals surface area (Å²) in [6.07, 6.45) is 0. The molecule has 344 valence electrons. The molecule has 0 atom stereocenters. The molecule has 0 bridgehead atoms. The van der Waals surface area contributed by atoms with Crippen molar-refractivity contribution in [1.29, 1.82) is 0 Å².